The second-order valence-corrected chi connectivity index (χ2v) is 8.40. The lowest BCUT2D eigenvalue weighted by molar-refractivity contribution is 0.615. The maximum absolute atomic E-state index is 12.3. The maximum atomic E-state index is 12.3. The van der Waals surface area contributed by atoms with Crippen LogP contribution in [0.25, 0.3) is 5.69 Å². The molecule has 1 N–H and O–H groups in total. The molecule has 4 aromatic rings. The van der Waals surface area contributed by atoms with Gasteiger partial charge in [0.1, 0.15) is 0 Å². The Bertz CT molecular complexity index is 1190. The van der Waals surface area contributed by atoms with Gasteiger partial charge in [0.2, 0.25) is 0 Å². The number of benzene rings is 2. The molecule has 2 heterocycles. The van der Waals surface area contributed by atoms with Gasteiger partial charge < -0.3 is 0 Å². The van der Waals surface area contributed by atoms with Crippen LogP contribution in [0.5, 0.6) is 0 Å². The SMILES string of the molecule is O=c1[nH]nc(SCc2nn(-c3ccccc3)c3c2CCC3)n1CCc1ccccc1. The lowest BCUT2D eigenvalue weighted by atomic mass is 10.1. The van der Waals surface area contributed by atoms with Crippen LogP contribution >= 0.6 is 11.8 Å². The predicted molar refractivity (Wildman–Crippen MR) is 118 cm³/mol. The summed E-state index contributed by atoms with van der Waals surface area (Å²) in [6, 6.07) is 20.5. The number of hydrogen-bond acceptors (Lipinski definition) is 4. The van der Waals surface area contributed by atoms with Gasteiger partial charge in [0.15, 0.2) is 5.16 Å². The van der Waals surface area contributed by atoms with Gasteiger partial charge in [-0.25, -0.2) is 14.6 Å². The van der Waals surface area contributed by atoms with E-state index in [1.54, 1.807) is 16.3 Å². The summed E-state index contributed by atoms with van der Waals surface area (Å²) in [7, 11) is 0. The molecule has 30 heavy (non-hydrogen) atoms. The Kier molecular flexibility index (Phi) is 5.27. The maximum Gasteiger partial charge on any atom is 0.343 e. The van der Waals surface area contributed by atoms with Gasteiger partial charge in [-0.1, -0.05) is 60.3 Å². The van der Waals surface area contributed by atoms with E-state index >= 15 is 0 Å². The van der Waals surface area contributed by atoms with Crippen molar-refractivity contribution in [1.82, 2.24) is 24.5 Å². The van der Waals surface area contributed by atoms with Gasteiger partial charge in [-0.05, 0) is 48.9 Å². The molecule has 0 fully saturated rings. The number of aromatic nitrogens is 5. The summed E-state index contributed by atoms with van der Waals surface area (Å²) in [6.45, 7) is 0.609. The van der Waals surface area contributed by atoms with E-state index in [9.17, 15) is 4.79 Å². The van der Waals surface area contributed by atoms with E-state index in [4.69, 9.17) is 5.10 Å². The molecule has 0 radical (unpaired) electrons. The highest BCUT2D eigenvalue weighted by Crippen LogP contribution is 2.31. The molecule has 0 aliphatic heterocycles. The summed E-state index contributed by atoms with van der Waals surface area (Å²) < 4.78 is 3.82. The molecule has 0 saturated heterocycles. The van der Waals surface area contributed by atoms with E-state index in [1.807, 2.05) is 36.4 Å². The highest BCUT2D eigenvalue weighted by atomic mass is 32.2. The molecule has 1 aliphatic carbocycles. The summed E-state index contributed by atoms with van der Waals surface area (Å²) in [5, 5.41) is 12.5. The molecule has 0 bridgehead atoms. The van der Waals surface area contributed by atoms with Crippen molar-refractivity contribution in [1.29, 1.82) is 0 Å². The van der Waals surface area contributed by atoms with E-state index < -0.39 is 0 Å². The minimum atomic E-state index is -0.159. The van der Waals surface area contributed by atoms with Crippen LogP contribution in [0.2, 0.25) is 0 Å². The van der Waals surface area contributed by atoms with Gasteiger partial charge >= 0.3 is 5.69 Å². The first-order valence-corrected chi connectivity index (χ1v) is 11.2. The topological polar surface area (TPSA) is 68.5 Å². The third kappa shape index (κ3) is 3.73. The second kappa shape index (κ2) is 8.36. The Morgan fingerprint density at radius 3 is 2.57 bits per heavy atom. The van der Waals surface area contributed by atoms with Crippen molar-refractivity contribution in [2.45, 2.75) is 43.1 Å². The van der Waals surface area contributed by atoms with Crippen LogP contribution in [-0.2, 0) is 31.6 Å². The number of aryl methyl sites for hydroxylation is 1. The fourth-order valence-corrected chi connectivity index (χ4v) is 4.98. The summed E-state index contributed by atoms with van der Waals surface area (Å²) in [4.78, 5) is 12.3. The van der Waals surface area contributed by atoms with Crippen LogP contribution in [0.1, 0.15) is 28.9 Å². The number of rotatable bonds is 7. The van der Waals surface area contributed by atoms with Crippen LogP contribution in [0.3, 0.4) is 0 Å². The highest BCUT2D eigenvalue weighted by molar-refractivity contribution is 7.98. The monoisotopic (exact) mass is 417 g/mol. The van der Waals surface area contributed by atoms with Gasteiger partial charge in [-0.15, -0.1) is 5.10 Å². The summed E-state index contributed by atoms with van der Waals surface area (Å²) in [5.41, 5.74) is 5.93. The van der Waals surface area contributed by atoms with E-state index in [0.717, 1.165) is 35.8 Å². The van der Waals surface area contributed by atoms with E-state index in [2.05, 4.69) is 39.1 Å². The Hall–Kier alpha value is -3.06. The van der Waals surface area contributed by atoms with Crippen molar-refractivity contribution in [3.05, 3.63) is 93.7 Å². The number of thioether (sulfide) groups is 1. The van der Waals surface area contributed by atoms with Crippen molar-refractivity contribution in [2.75, 3.05) is 0 Å². The molecule has 2 aromatic carbocycles. The zero-order chi connectivity index (χ0) is 20.3. The third-order valence-corrected chi connectivity index (χ3v) is 6.53. The number of nitrogens with zero attached hydrogens (tertiary/aromatic N) is 4. The Morgan fingerprint density at radius 2 is 1.77 bits per heavy atom. The predicted octanol–water partition coefficient (Wildman–Crippen LogP) is 3.78. The van der Waals surface area contributed by atoms with Crippen molar-refractivity contribution in [2.24, 2.45) is 0 Å². The van der Waals surface area contributed by atoms with Gasteiger partial charge in [0.25, 0.3) is 0 Å². The zero-order valence-electron chi connectivity index (χ0n) is 16.6. The van der Waals surface area contributed by atoms with E-state index in [0.29, 0.717) is 12.3 Å². The molecular weight excluding hydrogens is 394 g/mol. The normalized spacial score (nSPS) is 12.9. The lowest BCUT2D eigenvalue weighted by Crippen LogP contribution is -2.18. The van der Waals surface area contributed by atoms with E-state index in [-0.39, 0.29) is 5.69 Å². The number of para-hydroxylation sites is 1. The Labute approximate surface area is 179 Å². The summed E-state index contributed by atoms with van der Waals surface area (Å²) >= 11 is 1.58. The van der Waals surface area contributed by atoms with Crippen molar-refractivity contribution >= 4 is 11.8 Å². The molecule has 5 rings (SSSR count). The van der Waals surface area contributed by atoms with Crippen molar-refractivity contribution in [3.8, 4) is 5.69 Å². The molecule has 2 aromatic heterocycles. The Balaban J connectivity index is 1.34. The fourth-order valence-electron chi connectivity index (χ4n) is 4.04. The molecule has 7 heteroatoms. The van der Waals surface area contributed by atoms with Gasteiger partial charge in [0, 0.05) is 18.0 Å². The average molecular weight is 418 g/mol. The van der Waals surface area contributed by atoms with Gasteiger partial charge in [0.05, 0.1) is 11.4 Å². The molecule has 0 unspecified atom stereocenters. The van der Waals surface area contributed by atoms with E-state index in [1.165, 1.54) is 23.2 Å². The molecule has 0 spiro atoms. The van der Waals surface area contributed by atoms with Gasteiger partial charge in [-0.3, -0.25) is 4.57 Å². The van der Waals surface area contributed by atoms with Crippen LogP contribution in [0.15, 0.2) is 70.6 Å². The fraction of sp³-hybridized carbons (Fsp3) is 0.261. The number of H-pyrrole nitrogens is 1. The third-order valence-electron chi connectivity index (χ3n) is 5.54. The quantitative estimate of drug-likeness (QED) is 0.465. The first kappa shape index (κ1) is 18.9. The molecule has 0 amide bonds. The lowest BCUT2D eigenvalue weighted by Gasteiger charge is -2.06. The molecule has 0 saturated carbocycles. The van der Waals surface area contributed by atoms with Crippen molar-refractivity contribution in [3.63, 3.8) is 0 Å². The molecule has 0 atom stereocenters. The largest absolute Gasteiger partial charge is 0.343 e. The van der Waals surface area contributed by atoms with Crippen LogP contribution < -0.4 is 5.69 Å². The molecule has 6 nitrogen and oxygen atoms in total. The van der Waals surface area contributed by atoms with Gasteiger partial charge in [-0.2, -0.15) is 5.10 Å². The summed E-state index contributed by atoms with van der Waals surface area (Å²) in [5.74, 6) is 0.706. The van der Waals surface area contributed by atoms with Crippen LogP contribution in [0, 0.1) is 0 Å². The average Bonchev–Trinajstić information content (AvgIpc) is 3.48. The first-order valence-electron chi connectivity index (χ1n) is 10.3. The number of fused-ring (bicyclic) bond motifs is 1. The second-order valence-electron chi connectivity index (χ2n) is 7.46. The number of hydrogen-bond donors (Lipinski definition) is 1. The minimum Gasteiger partial charge on any atom is -0.270 e. The van der Waals surface area contributed by atoms with Crippen LogP contribution in [-0.4, -0.2) is 24.5 Å². The standard InChI is InChI=1S/C23H23N5OS/c29-22-24-25-23(27(22)15-14-17-8-3-1-4-9-17)30-16-20-19-12-7-13-21(19)28(26-20)18-10-5-2-6-11-18/h1-6,8-11H,7,12-16H2,(H,24,29). The number of aromatic amines is 1. The van der Waals surface area contributed by atoms with Crippen molar-refractivity contribution < 1.29 is 0 Å². The zero-order valence-corrected chi connectivity index (χ0v) is 17.4. The molecule has 152 valence electrons. The van der Waals surface area contributed by atoms with Crippen LogP contribution in [0.4, 0.5) is 0 Å². The first-order chi connectivity index (χ1) is 14.8. The smallest absolute Gasteiger partial charge is 0.270 e. The highest BCUT2D eigenvalue weighted by Gasteiger charge is 2.23. The molecule has 1 aliphatic rings. The number of nitrogens with one attached hydrogen (secondary N) is 1. The minimum absolute atomic E-state index is 0.159. The Morgan fingerprint density at radius 1 is 1.00 bits per heavy atom. The molecular formula is C23H23N5OS. The summed E-state index contributed by atoms with van der Waals surface area (Å²) in [6.07, 6.45) is 4.10.